The van der Waals surface area contributed by atoms with Gasteiger partial charge in [-0.3, -0.25) is 4.79 Å². The van der Waals surface area contributed by atoms with Crippen LogP contribution in [0.3, 0.4) is 0 Å². The van der Waals surface area contributed by atoms with Crippen LogP contribution < -0.4 is 0 Å². The fourth-order valence-electron chi connectivity index (χ4n) is 1.22. The molecule has 0 aliphatic rings. The van der Waals surface area contributed by atoms with Crippen molar-refractivity contribution in [1.82, 2.24) is 9.36 Å². The highest BCUT2D eigenvalue weighted by Gasteiger charge is 2.03. The third-order valence-corrected chi connectivity index (χ3v) is 4.81. The summed E-state index contributed by atoms with van der Waals surface area (Å²) in [6, 6.07) is 7.32. The average molecular weight is 373 g/mol. The van der Waals surface area contributed by atoms with E-state index in [1.807, 2.05) is 18.4 Å². The Morgan fingerprint density at radius 2 is 2.32 bits per heavy atom. The van der Waals surface area contributed by atoms with E-state index in [1.54, 1.807) is 23.6 Å². The summed E-state index contributed by atoms with van der Waals surface area (Å²) in [4.78, 5) is 16.2. The van der Waals surface area contributed by atoms with Crippen molar-refractivity contribution >= 4 is 56.8 Å². The van der Waals surface area contributed by atoms with E-state index in [-0.39, 0.29) is 5.78 Å². The summed E-state index contributed by atoms with van der Waals surface area (Å²) < 4.78 is 5.88. The molecule has 0 N–H and O–H groups in total. The standard InChI is InChI=1S/C12H9BrN2OS3/c1-17-11-14-12(19-15-11)18-6-5-10(16)8-3-2-4-9(13)7-8/h2-7H,1H3/b6-5-. The van der Waals surface area contributed by atoms with Crippen molar-refractivity contribution in [2.24, 2.45) is 0 Å². The van der Waals surface area contributed by atoms with E-state index in [2.05, 4.69) is 25.3 Å². The highest BCUT2D eigenvalue weighted by atomic mass is 79.9. The van der Waals surface area contributed by atoms with Crippen molar-refractivity contribution in [3.8, 4) is 0 Å². The SMILES string of the molecule is CSc1nsc(S/C=C\C(=O)c2cccc(Br)c2)n1. The van der Waals surface area contributed by atoms with Gasteiger partial charge in [-0.15, -0.1) is 0 Å². The van der Waals surface area contributed by atoms with Gasteiger partial charge in [-0.2, -0.15) is 4.37 Å². The fourth-order valence-corrected chi connectivity index (χ4v) is 3.55. The van der Waals surface area contributed by atoms with E-state index in [9.17, 15) is 4.79 Å². The zero-order valence-electron chi connectivity index (χ0n) is 9.87. The van der Waals surface area contributed by atoms with E-state index in [0.717, 1.165) is 14.0 Å². The molecule has 1 heterocycles. The molecular weight excluding hydrogens is 364 g/mol. The van der Waals surface area contributed by atoms with Gasteiger partial charge in [0.15, 0.2) is 10.1 Å². The van der Waals surface area contributed by atoms with E-state index in [0.29, 0.717) is 5.56 Å². The van der Waals surface area contributed by atoms with Crippen LogP contribution in [0.25, 0.3) is 0 Å². The van der Waals surface area contributed by atoms with Crippen molar-refractivity contribution in [1.29, 1.82) is 0 Å². The number of aromatic nitrogens is 2. The van der Waals surface area contributed by atoms with Crippen LogP contribution in [0.2, 0.25) is 0 Å². The number of carbonyl (C=O) groups excluding carboxylic acids is 1. The Morgan fingerprint density at radius 3 is 3.00 bits per heavy atom. The number of ketones is 1. The van der Waals surface area contributed by atoms with Crippen LogP contribution in [-0.2, 0) is 0 Å². The van der Waals surface area contributed by atoms with Crippen LogP contribution in [-0.4, -0.2) is 21.4 Å². The Labute approximate surface area is 132 Å². The van der Waals surface area contributed by atoms with Crippen LogP contribution >= 0.6 is 51.0 Å². The lowest BCUT2D eigenvalue weighted by atomic mass is 10.1. The summed E-state index contributed by atoms with van der Waals surface area (Å²) in [5.74, 6) is -0.0246. The number of hydrogen-bond acceptors (Lipinski definition) is 6. The Bertz CT molecular complexity index is 613. The predicted molar refractivity (Wildman–Crippen MR) is 85.2 cm³/mol. The second-order valence-corrected chi connectivity index (χ2v) is 6.94. The first-order chi connectivity index (χ1) is 9.19. The minimum Gasteiger partial charge on any atom is -0.289 e. The summed E-state index contributed by atoms with van der Waals surface area (Å²) >= 11 is 7.59. The fraction of sp³-hybridized carbons (Fsp3) is 0.0833. The molecule has 2 rings (SSSR count). The molecule has 0 unspecified atom stereocenters. The monoisotopic (exact) mass is 372 g/mol. The third-order valence-electron chi connectivity index (χ3n) is 2.07. The molecule has 0 amide bonds. The molecule has 0 saturated carbocycles. The highest BCUT2D eigenvalue weighted by Crippen LogP contribution is 2.24. The van der Waals surface area contributed by atoms with Crippen LogP contribution in [0.15, 0.2) is 49.7 Å². The van der Waals surface area contributed by atoms with Gasteiger partial charge in [-0.25, -0.2) is 4.98 Å². The molecule has 98 valence electrons. The zero-order valence-corrected chi connectivity index (χ0v) is 13.9. The van der Waals surface area contributed by atoms with Gasteiger partial charge >= 0.3 is 0 Å². The van der Waals surface area contributed by atoms with E-state index < -0.39 is 0 Å². The molecule has 0 spiro atoms. The van der Waals surface area contributed by atoms with Crippen molar-refractivity contribution in [3.63, 3.8) is 0 Å². The Kier molecular flexibility index (Phi) is 5.62. The summed E-state index contributed by atoms with van der Waals surface area (Å²) in [5.41, 5.74) is 0.660. The summed E-state index contributed by atoms with van der Waals surface area (Å²) in [6.45, 7) is 0. The summed E-state index contributed by atoms with van der Waals surface area (Å²) in [5, 5.41) is 2.51. The zero-order chi connectivity index (χ0) is 13.7. The molecule has 0 aliphatic carbocycles. The molecule has 1 aromatic carbocycles. The van der Waals surface area contributed by atoms with Crippen molar-refractivity contribution < 1.29 is 4.79 Å². The smallest absolute Gasteiger partial charge is 0.200 e. The van der Waals surface area contributed by atoms with Gasteiger partial charge in [0.05, 0.1) is 0 Å². The first kappa shape index (κ1) is 14.8. The first-order valence-corrected chi connectivity index (χ1v) is 8.87. The van der Waals surface area contributed by atoms with Gasteiger partial charge in [0, 0.05) is 10.0 Å². The van der Waals surface area contributed by atoms with Gasteiger partial charge in [-0.05, 0) is 41.4 Å². The number of hydrogen-bond donors (Lipinski definition) is 0. The Balaban J connectivity index is 1.97. The van der Waals surface area contributed by atoms with Gasteiger partial charge in [0.25, 0.3) is 0 Å². The van der Waals surface area contributed by atoms with E-state index >= 15 is 0 Å². The van der Waals surface area contributed by atoms with E-state index in [4.69, 9.17) is 0 Å². The largest absolute Gasteiger partial charge is 0.289 e. The predicted octanol–water partition coefficient (Wildman–Crippen LogP) is 4.51. The van der Waals surface area contributed by atoms with Crippen molar-refractivity contribution in [2.45, 2.75) is 9.50 Å². The minimum atomic E-state index is -0.0246. The second-order valence-electron chi connectivity index (χ2n) is 3.34. The number of nitrogens with zero attached hydrogens (tertiary/aromatic N) is 2. The molecule has 0 bridgehead atoms. The lowest BCUT2D eigenvalue weighted by Crippen LogP contribution is -1.92. The summed E-state index contributed by atoms with van der Waals surface area (Å²) in [6.07, 6.45) is 3.48. The molecule has 0 aliphatic heterocycles. The number of rotatable bonds is 5. The van der Waals surface area contributed by atoms with Crippen LogP contribution in [0.1, 0.15) is 10.4 Å². The van der Waals surface area contributed by atoms with Gasteiger partial charge in [0.2, 0.25) is 5.16 Å². The maximum Gasteiger partial charge on any atom is 0.200 e. The molecule has 3 nitrogen and oxygen atoms in total. The molecule has 0 radical (unpaired) electrons. The van der Waals surface area contributed by atoms with Crippen LogP contribution in [0.5, 0.6) is 0 Å². The summed E-state index contributed by atoms with van der Waals surface area (Å²) in [7, 11) is 0. The van der Waals surface area contributed by atoms with Crippen molar-refractivity contribution in [2.75, 3.05) is 6.26 Å². The Hall–Kier alpha value is -0.630. The number of halogens is 1. The number of allylic oxidation sites excluding steroid dienone is 1. The minimum absolute atomic E-state index is 0.0246. The highest BCUT2D eigenvalue weighted by molar-refractivity contribution is 9.10. The number of thioether (sulfide) groups is 2. The van der Waals surface area contributed by atoms with Crippen molar-refractivity contribution in [3.05, 3.63) is 45.8 Å². The Morgan fingerprint density at radius 1 is 1.47 bits per heavy atom. The molecule has 0 atom stereocenters. The molecule has 0 saturated heterocycles. The topological polar surface area (TPSA) is 42.9 Å². The molecule has 7 heteroatoms. The first-order valence-electron chi connectivity index (χ1n) is 5.20. The average Bonchev–Trinajstić information content (AvgIpc) is 2.86. The lowest BCUT2D eigenvalue weighted by Gasteiger charge is -1.95. The van der Waals surface area contributed by atoms with Gasteiger partial charge in [0.1, 0.15) is 0 Å². The molecular formula is C12H9BrN2OS3. The van der Waals surface area contributed by atoms with Crippen LogP contribution in [0.4, 0.5) is 0 Å². The van der Waals surface area contributed by atoms with Gasteiger partial charge in [-0.1, -0.05) is 51.6 Å². The van der Waals surface area contributed by atoms with E-state index in [1.165, 1.54) is 35.1 Å². The maximum absolute atomic E-state index is 11.9. The number of carbonyl (C=O) groups is 1. The van der Waals surface area contributed by atoms with Crippen LogP contribution in [0, 0.1) is 0 Å². The lowest BCUT2D eigenvalue weighted by molar-refractivity contribution is 0.104. The molecule has 19 heavy (non-hydrogen) atoms. The second kappa shape index (κ2) is 7.23. The normalized spacial score (nSPS) is 11.1. The van der Waals surface area contributed by atoms with Gasteiger partial charge < -0.3 is 0 Å². The molecule has 1 aromatic heterocycles. The quantitative estimate of drug-likeness (QED) is 0.438. The molecule has 0 fully saturated rings. The molecule has 2 aromatic rings. The maximum atomic E-state index is 11.9. The third kappa shape index (κ3) is 4.45. The number of benzene rings is 1.